The smallest absolute Gasteiger partial charge is 0.377 e. The first-order valence-electron chi connectivity index (χ1n) is 9.75. The Morgan fingerprint density at radius 2 is 1.93 bits per heavy atom. The molecule has 0 aliphatic carbocycles. The number of hydrogen-bond donors (Lipinski definition) is 1. The summed E-state index contributed by atoms with van der Waals surface area (Å²) in [7, 11) is 0.641. The molecule has 0 aliphatic rings. The van der Waals surface area contributed by atoms with Gasteiger partial charge in [0.25, 0.3) is 0 Å². The predicted octanol–water partition coefficient (Wildman–Crippen LogP) is 2.19. The van der Waals surface area contributed by atoms with Gasteiger partial charge >= 0.3 is 8.17 Å². The number of allylic oxidation sites excluding steroid dienone is 1. The largest absolute Gasteiger partial charge is 0.606 e. The Kier molecular flexibility index (Phi) is 9.89. The van der Waals surface area contributed by atoms with E-state index in [1.807, 2.05) is 32.0 Å². The van der Waals surface area contributed by atoms with Crippen LogP contribution in [-0.4, -0.2) is 73.3 Å². The van der Waals surface area contributed by atoms with Crippen LogP contribution in [-0.2, 0) is 22.0 Å². The fourth-order valence-corrected chi connectivity index (χ4v) is 6.33. The SMILES string of the molecule is CC(C)=C[Si](C)(C)CCCn1cc(CCO[P+]([O-])(O)OCC[N+](C)(C)C)nn1. The zero-order valence-electron chi connectivity index (χ0n) is 18.5. The van der Waals surface area contributed by atoms with Gasteiger partial charge in [-0.1, -0.05) is 35.6 Å². The number of likely N-dealkylation sites (N-methyl/N-ethyl adjacent to an activating group) is 1. The summed E-state index contributed by atoms with van der Waals surface area (Å²) in [5, 5.41) is 8.25. The van der Waals surface area contributed by atoms with Crippen molar-refractivity contribution in [1.82, 2.24) is 15.0 Å². The third-order valence-corrected chi connectivity index (χ3v) is 8.12. The zero-order chi connectivity index (χ0) is 21.4. The van der Waals surface area contributed by atoms with Crippen LogP contribution in [0.4, 0.5) is 0 Å². The van der Waals surface area contributed by atoms with Gasteiger partial charge in [0.1, 0.15) is 19.8 Å². The molecule has 28 heavy (non-hydrogen) atoms. The van der Waals surface area contributed by atoms with Crippen molar-refractivity contribution in [3.05, 3.63) is 23.2 Å². The van der Waals surface area contributed by atoms with Crippen LogP contribution in [0.1, 0.15) is 26.0 Å². The second kappa shape index (κ2) is 10.9. The van der Waals surface area contributed by atoms with Gasteiger partial charge in [-0.05, 0) is 20.3 Å². The van der Waals surface area contributed by atoms with Gasteiger partial charge in [-0.25, -0.2) is 0 Å². The average Bonchev–Trinajstić information content (AvgIpc) is 2.91. The van der Waals surface area contributed by atoms with Crippen LogP contribution in [0.15, 0.2) is 17.5 Å². The lowest BCUT2D eigenvalue weighted by Gasteiger charge is -2.25. The van der Waals surface area contributed by atoms with Crippen molar-refractivity contribution in [2.45, 2.75) is 52.4 Å². The van der Waals surface area contributed by atoms with Crippen LogP contribution >= 0.6 is 8.17 Å². The minimum Gasteiger partial charge on any atom is -0.606 e. The molecule has 8 nitrogen and oxygen atoms in total. The highest BCUT2D eigenvalue weighted by molar-refractivity contribution is 7.52. The molecule has 0 radical (unpaired) electrons. The summed E-state index contributed by atoms with van der Waals surface area (Å²) in [6.07, 6.45) is 3.36. The maximum Gasteiger partial charge on any atom is 0.377 e. The average molecular weight is 434 g/mol. The second-order valence-electron chi connectivity index (χ2n) is 9.19. The molecule has 1 rings (SSSR count). The Balaban J connectivity index is 2.32. The molecule has 1 aromatic rings. The molecule has 0 spiro atoms. The second-order valence-corrected chi connectivity index (χ2v) is 15.4. The molecule has 162 valence electrons. The summed E-state index contributed by atoms with van der Waals surface area (Å²) >= 11 is 0. The fraction of sp³-hybridized carbons (Fsp3) is 0.778. The Morgan fingerprint density at radius 3 is 2.54 bits per heavy atom. The van der Waals surface area contributed by atoms with Crippen LogP contribution in [0.3, 0.4) is 0 Å². The maximum absolute atomic E-state index is 11.9. The van der Waals surface area contributed by atoms with E-state index >= 15 is 0 Å². The topological polar surface area (TPSA) is 92.5 Å². The molecule has 0 saturated carbocycles. The highest BCUT2D eigenvalue weighted by Gasteiger charge is 2.28. The molecular formula is C18H38N4O4PSi+. The van der Waals surface area contributed by atoms with Gasteiger partial charge < -0.3 is 9.38 Å². The Labute approximate surface area is 171 Å². The van der Waals surface area contributed by atoms with Crippen molar-refractivity contribution in [2.75, 3.05) is 40.9 Å². The summed E-state index contributed by atoms with van der Waals surface area (Å²) in [6.45, 7) is 10.7. The van der Waals surface area contributed by atoms with Gasteiger partial charge in [0, 0.05) is 19.2 Å². The van der Waals surface area contributed by atoms with E-state index in [4.69, 9.17) is 9.05 Å². The highest BCUT2D eigenvalue weighted by atomic mass is 31.2. The molecule has 0 aromatic carbocycles. The van der Waals surface area contributed by atoms with Gasteiger partial charge in [-0.3, -0.25) is 4.68 Å². The first-order valence-corrected chi connectivity index (χ1v) is 14.5. The molecule has 0 amide bonds. The summed E-state index contributed by atoms with van der Waals surface area (Å²) in [4.78, 5) is 21.6. The summed E-state index contributed by atoms with van der Waals surface area (Å²) < 4.78 is 12.5. The van der Waals surface area contributed by atoms with Crippen LogP contribution in [0.5, 0.6) is 0 Å². The van der Waals surface area contributed by atoms with E-state index in [9.17, 15) is 9.79 Å². The van der Waals surface area contributed by atoms with Crippen LogP contribution in [0, 0.1) is 0 Å². The molecule has 0 bridgehead atoms. The first-order chi connectivity index (χ1) is 12.8. The maximum atomic E-state index is 11.9. The van der Waals surface area contributed by atoms with E-state index in [0.717, 1.165) is 18.7 Å². The monoisotopic (exact) mass is 433 g/mol. The zero-order valence-corrected chi connectivity index (χ0v) is 20.4. The Morgan fingerprint density at radius 1 is 1.29 bits per heavy atom. The molecule has 0 fully saturated rings. The van der Waals surface area contributed by atoms with Crippen LogP contribution in [0.25, 0.3) is 0 Å². The number of aryl methyl sites for hydroxylation is 1. The standard InChI is InChI=1S/C18H37N4O4PSi/c1-17(2)16-28(6,7)14-8-10-21-15-18(19-20-21)9-12-25-27(23,24)26-13-11-22(3,4)5/h15-16H,8-14H2,1-7H3/p+1. The van der Waals surface area contributed by atoms with Gasteiger partial charge in [0.15, 0.2) is 0 Å². The van der Waals surface area contributed by atoms with E-state index in [2.05, 4.69) is 43.0 Å². The summed E-state index contributed by atoms with van der Waals surface area (Å²) in [6, 6.07) is 1.20. The van der Waals surface area contributed by atoms with Crippen molar-refractivity contribution in [3.8, 4) is 0 Å². The molecular weight excluding hydrogens is 395 g/mol. The fourth-order valence-electron chi connectivity index (χ4n) is 2.85. The van der Waals surface area contributed by atoms with Crippen molar-refractivity contribution in [2.24, 2.45) is 0 Å². The first kappa shape index (κ1) is 25.4. The lowest BCUT2D eigenvalue weighted by atomic mass is 10.3. The number of rotatable bonds is 13. The highest BCUT2D eigenvalue weighted by Crippen LogP contribution is 2.47. The Hall–Kier alpha value is -0.673. The van der Waals surface area contributed by atoms with Gasteiger partial charge in [0.2, 0.25) is 0 Å². The Bertz CT molecular complexity index is 625. The summed E-state index contributed by atoms with van der Waals surface area (Å²) in [5.41, 5.74) is 4.57. The molecule has 1 unspecified atom stereocenters. The minimum atomic E-state index is -4.02. The van der Waals surface area contributed by atoms with Crippen molar-refractivity contribution < 1.29 is 23.3 Å². The van der Waals surface area contributed by atoms with Crippen molar-refractivity contribution in [1.29, 1.82) is 0 Å². The quantitative estimate of drug-likeness (QED) is 0.291. The lowest BCUT2D eigenvalue weighted by molar-refractivity contribution is -0.870. The van der Waals surface area contributed by atoms with E-state index < -0.39 is 16.2 Å². The summed E-state index contributed by atoms with van der Waals surface area (Å²) in [5.74, 6) is 0. The van der Waals surface area contributed by atoms with E-state index in [1.165, 1.54) is 11.6 Å². The number of phosphoric acid groups is 1. The molecule has 1 aromatic heterocycles. The molecule has 10 heteroatoms. The molecule has 1 atom stereocenters. The normalized spacial score (nSPS) is 14.8. The molecule has 0 saturated heterocycles. The number of nitrogens with zero attached hydrogens (tertiary/aromatic N) is 4. The number of hydrogen-bond acceptors (Lipinski definition) is 6. The molecule has 1 N–H and O–H groups in total. The number of aromatic nitrogens is 3. The predicted molar refractivity (Wildman–Crippen MR) is 114 cm³/mol. The number of phosphoric ester groups is 1. The van der Waals surface area contributed by atoms with Gasteiger partial charge in [0.05, 0.1) is 34.9 Å². The van der Waals surface area contributed by atoms with Crippen LogP contribution < -0.4 is 4.89 Å². The molecule has 1 heterocycles. The van der Waals surface area contributed by atoms with Crippen molar-refractivity contribution in [3.63, 3.8) is 0 Å². The third kappa shape index (κ3) is 12.0. The van der Waals surface area contributed by atoms with E-state index in [0.29, 0.717) is 17.4 Å². The third-order valence-electron chi connectivity index (χ3n) is 4.10. The van der Waals surface area contributed by atoms with Gasteiger partial charge in [-0.2, -0.15) is 13.9 Å². The lowest BCUT2D eigenvalue weighted by Crippen LogP contribution is -2.38. The van der Waals surface area contributed by atoms with Crippen LogP contribution in [0.2, 0.25) is 19.1 Å². The van der Waals surface area contributed by atoms with Crippen molar-refractivity contribution >= 4 is 16.2 Å². The van der Waals surface area contributed by atoms with E-state index in [1.54, 1.807) is 0 Å². The molecule has 0 aliphatic heterocycles. The minimum absolute atomic E-state index is 0.0668. The van der Waals surface area contributed by atoms with E-state index in [-0.39, 0.29) is 13.2 Å². The number of quaternary nitrogens is 1. The van der Waals surface area contributed by atoms with Gasteiger partial charge in [-0.15, -0.1) is 5.10 Å².